The number of hydrogen-bond acceptors (Lipinski definition) is 4. The minimum Gasteiger partial charge on any atom is -0.444 e. The molecule has 3 aromatic rings. The molecule has 7 nitrogen and oxygen atoms in total. The molecule has 0 radical (unpaired) electrons. The Kier molecular flexibility index (Phi) is 11.3. The first-order chi connectivity index (χ1) is 19.9. The topological polar surface area (TPSA) is 87.7 Å². The number of alkyl carbamates (subject to hydrolysis) is 1. The Hall–Kier alpha value is -4.13. The Labute approximate surface area is 250 Å². The summed E-state index contributed by atoms with van der Waals surface area (Å²) in [5.74, 6) is -0.636. The summed E-state index contributed by atoms with van der Waals surface area (Å²) in [5, 5.41) is 5.88. The highest BCUT2D eigenvalue weighted by molar-refractivity contribution is 5.92. The average molecular weight is 572 g/mol. The molecule has 224 valence electrons. The molecule has 0 saturated carbocycles. The van der Waals surface area contributed by atoms with E-state index < -0.39 is 23.8 Å². The first-order valence-electron chi connectivity index (χ1n) is 14.6. The molecule has 2 N–H and O–H groups in total. The molecule has 0 bridgehead atoms. The molecular formula is C35H45N3O4. The van der Waals surface area contributed by atoms with Crippen LogP contribution >= 0.6 is 0 Å². The van der Waals surface area contributed by atoms with Crippen LogP contribution in [0, 0.1) is 13.8 Å². The number of carbonyl (C=O) groups excluding carboxylic acids is 3. The Morgan fingerprint density at radius 3 is 2.00 bits per heavy atom. The molecule has 3 amide bonds. The smallest absolute Gasteiger partial charge is 0.408 e. The van der Waals surface area contributed by atoms with E-state index >= 15 is 0 Å². The first kappa shape index (κ1) is 32.4. The van der Waals surface area contributed by atoms with Crippen LogP contribution in [0.2, 0.25) is 0 Å². The standard InChI is InChI=1S/C35H45N3O4/c1-8-26(4)38(33(40)30(22-27-15-11-9-12-16-27)37-34(41)42-35(5,6)7)31(29-20-19-24(2)25(3)21-29)32(39)36-23-28-17-13-10-14-18-28/h9-21,26,30-31H,8,22-23H2,1-7H3,(H,36,39)(H,37,41). The highest BCUT2D eigenvalue weighted by atomic mass is 16.6. The maximum absolute atomic E-state index is 14.6. The highest BCUT2D eigenvalue weighted by Crippen LogP contribution is 2.28. The number of nitrogens with zero attached hydrogens (tertiary/aromatic N) is 1. The maximum atomic E-state index is 14.6. The largest absolute Gasteiger partial charge is 0.444 e. The van der Waals surface area contributed by atoms with Gasteiger partial charge in [0.1, 0.15) is 17.7 Å². The van der Waals surface area contributed by atoms with E-state index in [4.69, 9.17) is 4.74 Å². The zero-order valence-corrected chi connectivity index (χ0v) is 25.9. The average Bonchev–Trinajstić information content (AvgIpc) is 2.95. The van der Waals surface area contributed by atoms with Crippen molar-refractivity contribution in [3.63, 3.8) is 0 Å². The van der Waals surface area contributed by atoms with Gasteiger partial charge in [0.2, 0.25) is 11.8 Å². The summed E-state index contributed by atoms with van der Waals surface area (Å²) in [6.07, 6.45) is 0.179. The third-order valence-corrected chi connectivity index (χ3v) is 7.27. The van der Waals surface area contributed by atoms with Gasteiger partial charge in [-0.05, 0) is 75.8 Å². The number of rotatable bonds is 11. The fraction of sp³-hybridized carbons (Fsp3) is 0.400. The number of aryl methyl sites for hydroxylation is 2. The van der Waals surface area contributed by atoms with Gasteiger partial charge in [-0.2, -0.15) is 0 Å². The summed E-state index contributed by atoms with van der Waals surface area (Å²) in [4.78, 5) is 43.2. The Balaban J connectivity index is 2.05. The second-order valence-corrected chi connectivity index (χ2v) is 11.8. The molecule has 0 saturated heterocycles. The summed E-state index contributed by atoms with van der Waals surface area (Å²) < 4.78 is 5.53. The number of nitrogens with one attached hydrogen (secondary N) is 2. The highest BCUT2D eigenvalue weighted by Gasteiger charge is 2.38. The summed E-state index contributed by atoms with van der Waals surface area (Å²) >= 11 is 0. The van der Waals surface area contributed by atoms with Crippen LogP contribution < -0.4 is 10.6 Å². The first-order valence-corrected chi connectivity index (χ1v) is 14.6. The quantitative estimate of drug-likeness (QED) is 0.278. The summed E-state index contributed by atoms with van der Waals surface area (Å²) in [6.45, 7) is 13.6. The van der Waals surface area contributed by atoms with Crippen molar-refractivity contribution in [2.45, 2.75) is 91.6 Å². The minimum absolute atomic E-state index is 0.247. The monoisotopic (exact) mass is 571 g/mol. The normalized spacial score (nSPS) is 13.4. The van der Waals surface area contributed by atoms with Gasteiger partial charge in [-0.15, -0.1) is 0 Å². The van der Waals surface area contributed by atoms with Gasteiger partial charge in [0.15, 0.2) is 0 Å². The Bertz CT molecular complexity index is 1340. The van der Waals surface area contributed by atoms with Crippen LogP contribution in [0.4, 0.5) is 4.79 Å². The fourth-order valence-corrected chi connectivity index (χ4v) is 4.73. The summed E-state index contributed by atoms with van der Waals surface area (Å²) in [5.41, 5.74) is 3.94. The van der Waals surface area contributed by atoms with Gasteiger partial charge in [-0.3, -0.25) is 9.59 Å². The van der Waals surface area contributed by atoms with Crippen molar-refractivity contribution in [1.82, 2.24) is 15.5 Å². The van der Waals surface area contributed by atoms with Gasteiger partial charge < -0.3 is 20.3 Å². The van der Waals surface area contributed by atoms with E-state index in [0.29, 0.717) is 18.5 Å². The Morgan fingerprint density at radius 2 is 1.45 bits per heavy atom. The van der Waals surface area contributed by atoms with Crippen molar-refractivity contribution < 1.29 is 19.1 Å². The molecule has 7 heteroatoms. The van der Waals surface area contributed by atoms with Crippen LogP contribution in [0.3, 0.4) is 0 Å². The molecule has 0 spiro atoms. The number of benzene rings is 3. The lowest BCUT2D eigenvalue weighted by Crippen LogP contribution is -2.56. The van der Waals surface area contributed by atoms with E-state index in [1.165, 1.54) is 0 Å². The van der Waals surface area contributed by atoms with Gasteiger partial charge in [0.05, 0.1) is 0 Å². The molecular weight excluding hydrogens is 526 g/mol. The molecule has 3 atom stereocenters. The van der Waals surface area contributed by atoms with E-state index in [9.17, 15) is 14.4 Å². The zero-order valence-electron chi connectivity index (χ0n) is 25.9. The molecule has 0 aliphatic rings. The van der Waals surface area contributed by atoms with E-state index in [1.807, 2.05) is 107 Å². The molecule has 3 rings (SSSR count). The number of hydrogen-bond donors (Lipinski definition) is 2. The lowest BCUT2D eigenvalue weighted by molar-refractivity contribution is -0.145. The molecule has 0 heterocycles. The van der Waals surface area contributed by atoms with Gasteiger partial charge in [-0.25, -0.2) is 4.79 Å². The molecule has 42 heavy (non-hydrogen) atoms. The lowest BCUT2D eigenvalue weighted by atomic mass is 9.95. The van der Waals surface area contributed by atoms with Crippen LogP contribution in [0.5, 0.6) is 0 Å². The Morgan fingerprint density at radius 1 is 0.857 bits per heavy atom. The van der Waals surface area contributed by atoms with Crippen molar-refractivity contribution in [1.29, 1.82) is 0 Å². The minimum atomic E-state index is -0.952. The second kappa shape index (κ2) is 14.7. The number of ether oxygens (including phenoxy) is 1. The van der Waals surface area contributed by atoms with Crippen LogP contribution in [0.25, 0.3) is 0 Å². The van der Waals surface area contributed by atoms with Crippen LogP contribution in [0.15, 0.2) is 78.9 Å². The lowest BCUT2D eigenvalue weighted by Gasteiger charge is -2.38. The van der Waals surface area contributed by atoms with Crippen molar-refractivity contribution in [2.24, 2.45) is 0 Å². The molecule has 3 aromatic carbocycles. The molecule has 0 fully saturated rings. The second-order valence-electron chi connectivity index (χ2n) is 11.8. The summed E-state index contributed by atoms with van der Waals surface area (Å²) in [6, 6.07) is 22.9. The predicted molar refractivity (Wildman–Crippen MR) is 167 cm³/mol. The van der Waals surface area contributed by atoms with Gasteiger partial charge in [-0.1, -0.05) is 85.8 Å². The number of carbonyl (C=O) groups is 3. The molecule has 0 aromatic heterocycles. The van der Waals surface area contributed by atoms with Crippen LogP contribution in [-0.4, -0.2) is 40.5 Å². The molecule has 3 unspecified atom stereocenters. The van der Waals surface area contributed by atoms with E-state index in [0.717, 1.165) is 22.3 Å². The SMILES string of the molecule is CCC(C)N(C(=O)C(Cc1ccccc1)NC(=O)OC(C)(C)C)C(C(=O)NCc1ccccc1)c1ccc(C)c(C)c1. The third-order valence-electron chi connectivity index (χ3n) is 7.27. The molecule has 0 aliphatic carbocycles. The predicted octanol–water partition coefficient (Wildman–Crippen LogP) is 6.42. The number of amides is 3. The van der Waals surface area contributed by atoms with Gasteiger partial charge in [0.25, 0.3) is 0 Å². The van der Waals surface area contributed by atoms with E-state index in [2.05, 4.69) is 10.6 Å². The van der Waals surface area contributed by atoms with E-state index in [-0.39, 0.29) is 24.3 Å². The van der Waals surface area contributed by atoms with Crippen molar-refractivity contribution in [3.05, 3.63) is 107 Å². The molecule has 0 aliphatic heterocycles. The van der Waals surface area contributed by atoms with Crippen molar-refractivity contribution in [2.75, 3.05) is 0 Å². The van der Waals surface area contributed by atoms with Gasteiger partial charge in [0, 0.05) is 19.0 Å². The van der Waals surface area contributed by atoms with E-state index in [1.54, 1.807) is 25.7 Å². The fourth-order valence-electron chi connectivity index (χ4n) is 4.73. The van der Waals surface area contributed by atoms with Crippen molar-refractivity contribution >= 4 is 17.9 Å². The summed E-state index contributed by atoms with van der Waals surface area (Å²) in [7, 11) is 0. The zero-order chi connectivity index (χ0) is 30.9. The van der Waals surface area contributed by atoms with Gasteiger partial charge >= 0.3 is 6.09 Å². The van der Waals surface area contributed by atoms with Crippen LogP contribution in [0.1, 0.15) is 74.9 Å². The van der Waals surface area contributed by atoms with Crippen LogP contribution in [-0.2, 0) is 27.3 Å². The van der Waals surface area contributed by atoms with Crippen molar-refractivity contribution in [3.8, 4) is 0 Å². The maximum Gasteiger partial charge on any atom is 0.408 e. The third kappa shape index (κ3) is 9.20.